The number of hydrogen-bond acceptors (Lipinski definition) is 2. The summed E-state index contributed by atoms with van der Waals surface area (Å²) in [5.41, 5.74) is 0. The molecule has 0 spiro atoms. The van der Waals surface area contributed by atoms with Crippen molar-refractivity contribution in [3.63, 3.8) is 0 Å². The second-order valence-electron chi connectivity index (χ2n) is 6.26. The van der Waals surface area contributed by atoms with Gasteiger partial charge in [0, 0.05) is 0 Å². The van der Waals surface area contributed by atoms with Gasteiger partial charge in [-0.25, -0.2) is 0 Å². The molecule has 2 nitrogen and oxygen atoms in total. The van der Waals surface area contributed by atoms with E-state index >= 15 is 0 Å². The maximum absolute atomic E-state index is 12.0. The summed E-state index contributed by atoms with van der Waals surface area (Å²) in [5, 5.41) is 0. The van der Waals surface area contributed by atoms with Crippen LogP contribution in [0.5, 0.6) is 0 Å². The van der Waals surface area contributed by atoms with Crippen LogP contribution in [0, 0.1) is 17.8 Å². The van der Waals surface area contributed by atoms with Crippen molar-refractivity contribution in [1.82, 2.24) is 0 Å². The Labute approximate surface area is 129 Å². The van der Waals surface area contributed by atoms with E-state index in [-0.39, 0.29) is 33.0 Å². The zero-order valence-electron chi connectivity index (χ0n) is 13.0. The van der Waals surface area contributed by atoms with Crippen molar-refractivity contribution < 1.29 is 9.53 Å². The van der Waals surface area contributed by atoms with Gasteiger partial charge in [0.2, 0.25) is 0 Å². The van der Waals surface area contributed by atoms with Gasteiger partial charge in [0.25, 0.3) is 0 Å². The van der Waals surface area contributed by atoms with E-state index in [1.54, 1.807) is 0 Å². The van der Waals surface area contributed by atoms with E-state index in [2.05, 4.69) is 27.7 Å². The van der Waals surface area contributed by atoms with Crippen LogP contribution in [0.15, 0.2) is 0 Å². The maximum atomic E-state index is 12.0. The van der Waals surface area contributed by atoms with Crippen LogP contribution >= 0.6 is 0 Å². The molecule has 0 aromatic rings. The number of carbonyl (C=O) groups is 1. The second kappa shape index (κ2) is 9.24. The SMILES string of the molecule is CCCC[Te]CC(=O)O[C@@H]1C[C@H](C)CC[C@H]1C(C)C. The third-order valence-corrected chi connectivity index (χ3v) is 7.01. The minimum absolute atomic E-state index is 0.0863. The van der Waals surface area contributed by atoms with Crippen molar-refractivity contribution in [3.8, 4) is 0 Å². The van der Waals surface area contributed by atoms with Gasteiger partial charge in [0.15, 0.2) is 0 Å². The third-order valence-electron chi connectivity index (χ3n) is 4.11. The summed E-state index contributed by atoms with van der Waals surface area (Å²) in [6, 6.07) is 0. The molecule has 0 aliphatic heterocycles. The Bertz CT molecular complexity index is 265. The van der Waals surface area contributed by atoms with E-state index in [1.807, 2.05) is 0 Å². The Hall–Kier alpha value is 0.260. The molecule has 0 amide bonds. The van der Waals surface area contributed by atoms with Crippen LogP contribution in [0.3, 0.4) is 0 Å². The van der Waals surface area contributed by atoms with Gasteiger partial charge < -0.3 is 0 Å². The monoisotopic (exact) mass is 384 g/mol. The Morgan fingerprint density at radius 3 is 2.74 bits per heavy atom. The van der Waals surface area contributed by atoms with Crippen LogP contribution in [0.2, 0.25) is 8.94 Å². The first-order chi connectivity index (χ1) is 9.04. The molecule has 112 valence electrons. The van der Waals surface area contributed by atoms with Gasteiger partial charge in [-0.2, -0.15) is 0 Å². The molecule has 3 atom stereocenters. The molecule has 0 saturated heterocycles. The Morgan fingerprint density at radius 1 is 1.37 bits per heavy atom. The summed E-state index contributed by atoms with van der Waals surface area (Å²) in [6.07, 6.45) is 6.31. The van der Waals surface area contributed by atoms with Crippen molar-refractivity contribution in [3.05, 3.63) is 0 Å². The van der Waals surface area contributed by atoms with Crippen LogP contribution in [-0.2, 0) is 9.53 Å². The van der Waals surface area contributed by atoms with E-state index in [1.165, 1.54) is 30.2 Å². The average Bonchev–Trinajstić information content (AvgIpc) is 2.34. The Balaban J connectivity index is 2.36. The van der Waals surface area contributed by atoms with E-state index < -0.39 is 0 Å². The average molecular weight is 382 g/mol. The van der Waals surface area contributed by atoms with Gasteiger partial charge in [-0.05, 0) is 0 Å². The molecule has 0 radical (unpaired) electrons. The van der Waals surface area contributed by atoms with Crippen molar-refractivity contribution in [2.24, 2.45) is 17.8 Å². The number of hydrogen-bond donors (Lipinski definition) is 0. The summed E-state index contributed by atoms with van der Waals surface area (Å²) in [4.78, 5) is 12.0. The molecule has 1 saturated carbocycles. The zero-order chi connectivity index (χ0) is 14.3. The molecule has 0 aromatic heterocycles. The zero-order valence-corrected chi connectivity index (χ0v) is 15.3. The molecular weight excluding hydrogens is 352 g/mol. The summed E-state index contributed by atoms with van der Waals surface area (Å²) in [6.45, 7) is 9.02. The Kier molecular flexibility index (Phi) is 8.42. The normalized spacial score (nSPS) is 27.5. The standard InChI is InChI=1S/C16H30O2Te/c1-5-6-9-19-11-16(17)18-15-10-13(4)7-8-14(15)12(2)3/h12-15H,5-11H2,1-4H3/t13-,14+,15-/m1/s1. The molecule has 3 heteroatoms. The molecule has 0 heterocycles. The summed E-state index contributed by atoms with van der Waals surface area (Å²) in [5.74, 6) is 2.01. The topological polar surface area (TPSA) is 26.3 Å². The molecule has 0 N–H and O–H groups in total. The molecule has 0 bridgehead atoms. The first-order valence-electron chi connectivity index (χ1n) is 7.81. The fourth-order valence-corrected chi connectivity index (χ4v) is 5.34. The van der Waals surface area contributed by atoms with Gasteiger partial charge in [-0.3, -0.25) is 0 Å². The van der Waals surface area contributed by atoms with Crippen LogP contribution in [0.1, 0.15) is 59.8 Å². The number of rotatable bonds is 7. The van der Waals surface area contributed by atoms with Crippen LogP contribution in [-0.4, -0.2) is 33.0 Å². The van der Waals surface area contributed by atoms with E-state index in [4.69, 9.17) is 4.74 Å². The van der Waals surface area contributed by atoms with Gasteiger partial charge in [0.05, 0.1) is 0 Å². The molecule has 1 rings (SSSR count). The summed E-state index contributed by atoms with van der Waals surface area (Å²) in [7, 11) is 0. The quantitative estimate of drug-likeness (QED) is 0.372. The van der Waals surface area contributed by atoms with E-state index in [0.717, 1.165) is 10.9 Å². The van der Waals surface area contributed by atoms with Gasteiger partial charge in [-0.15, -0.1) is 0 Å². The van der Waals surface area contributed by atoms with Crippen molar-refractivity contribution in [2.45, 2.75) is 74.8 Å². The van der Waals surface area contributed by atoms with E-state index in [9.17, 15) is 4.79 Å². The fourth-order valence-electron chi connectivity index (χ4n) is 2.85. The number of esters is 1. The fraction of sp³-hybridized carbons (Fsp3) is 0.938. The predicted molar refractivity (Wildman–Crippen MR) is 81.5 cm³/mol. The van der Waals surface area contributed by atoms with Crippen molar-refractivity contribution >= 4 is 26.9 Å². The van der Waals surface area contributed by atoms with Crippen LogP contribution in [0.4, 0.5) is 0 Å². The van der Waals surface area contributed by atoms with E-state index in [0.29, 0.717) is 17.8 Å². The first kappa shape index (κ1) is 17.3. The summed E-state index contributed by atoms with van der Waals surface area (Å²) >= 11 is -0.140. The third kappa shape index (κ3) is 6.50. The second-order valence-corrected chi connectivity index (χ2v) is 9.41. The number of unbranched alkanes of at least 4 members (excludes halogenated alkanes) is 1. The number of ether oxygens (including phenoxy) is 1. The van der Waals surface area contributed by atoms with Crippen LogP contribution < -0.4 is 0 Å². The predicted octanol–water partition coefficient (Wildman–Crippen LogP) is 4.33. The minimum atomic E-state index is -0.140. The first-order valence-corrected chi connectivity index (χ1v) is 11.1. The molecular formula is C16H30O2Te. The summed E-state index contributed by atoms with van der Waals surface area (Å²) < 4.78 is 7.83. The molecule has 0 aromatic carbocycles. The molecule has 0 unspecified atom stereocenters. The van der Waals surface area contributed by atoms with Gasteiger partial charge in [0.1, 0.15) is 0 Å². The number of carbonyl (C=O) groups excluding carboxylic acids is 1. The molecule has 1 aliphatic rings. The van der Waals surface area contributed by atoms with Crippen molar-refractivity contribution in [1.29, 1.82) is 0 Å². The molecule has 1 fully saturated rings. The van der Waals surface area contributed by atoms with Gasteiger partial charge >= 0.3 is 129 Å². The Morgan fingerprint density at radius 2 is 2.11 bits per heavy atom. The van der Waals surface area contributed by atoms with Crippen molar-refractivity contribution in [2.75, 3.05) is 0 Å². The van der Waals surface area contributed by atoms with Gasteiger partial charge in [-0.1, -0.05) is 0 Å². The molecule has 19 heavy (non-hydrogen) atoms. The molecule has 1 aliphatic carbocycles. The van der Waals surface area contributed by atoms with Crippen LogP contribution in [0.25, 0.3) is 0 Å².